The number of carbonyl (C=O) groups excluding carboxylic acids is 2. The van der Waals surface area contributed by atoms with Crippen molar-refractivity contribution in [3.05, 3.63) is 59.7 Å². The third-order valence-corrected chi connectivity index (χ3v) is 5.66. The molecule has 0 atom stereocenters. The molecule has 7 nitrogen and oxygen atoms in total. The number of nitrogens with zero attached hydrogens (tertiary/aromatic N) is 2. The van der Waals surface area contributed by atoms with E-state index < -0.39 is 0 Å². The standard InChI is InChI=1S/C23H27N3O4/c24-12-3-15-29-20-8-6-17(7-9-20)22(27)25-13-10-19(11-14-25)26-16-18-4-1-2-5-21(18)30-23(26)28/h1-2,4-9,19H,3,10-16,24H2. The average Bonchev–Trinajstić information content (AvgIpc) is 2.79. The number of hydrogen-bond acceptors (Lipinski definition) is 5. The number of amides is 2. The van der Waals surface area contributed by atoms with E-state index in [-0.39, 0.29) is 18.0 Å². The zero-order valence-electron chi connectivity index (χ0n) is 17.0. The van der Waals surface area contributed by atoms with Gasteiger partial charge in [0.05, 0.1) is 13.2 Å². The molecule has 0 aliphatic carbocycles. The first-order chi connectivity index (χ1) is 14.7. The molecule has 1 saturated heterocycles. The van der Waals surface area contributed by atoms with Crippen molar-refractivity contribution in [2.45, 2.75) is 31.8 Å². The molecule has 0 saturated carbocycles. The molecule has 2 aromatic rings. The molecule has 2 N–H and O–H groups in total. The largest absolute Gasteiger partial charge is 0.494 e. The third kappa shape index (κ3) is 4.41. The van der Waals surface area contributed by atoms with Gasteiger partial charge in [-0.25, -0.2) is 4.79 Å². The maximum Gasteiger partial charge on any atom is 0.415 e. The average molecular weight is 409 g/mol. The summed E-state index contributed by atoms with van der Waals surface area (Å²) < 4.78 is 11.1. The molecule has 0 unspecified atom stereocenters. The Kier molecular flexibility index (Phi) is 6.18. The molecule has 30 heavy (non-hydrogen) atoms. The number of rotatable bonds is 6. The number of likely N-dealkylation sites (tertiary alicyclic amines) is 1. The summed E-state index contributed by atoms with van der Waals surface area (Å²) >= 11 is 0. The van der Waals surface area contributed by atoms with Crippen LogP contribution in [0.5, 0.6) is 11.5 Å². The molecule has 7 heteroatoms. The van der Waals surface area contributed by atoms with E-state index >= 15 is 0 Å². The molecular formula is C23H27N3O4. The van der Waals surface area contributed by atoms with Gasteiger partial charge in [0.15, 0.2) is 0 Å². The first-order valence-electron chi connectivity index (χ1n) is 10.4. The van der Waals surface area contributed by atoms with Crippen LogP contribution in [-0.4, -0.2) is 54.1 Å². The Hall–Kier alpha value is -3.06. The highest BCUT2D eigenvalue weighted by atomic mass is 16.6. The molecule has 2 aliphatic heterocycles. The zero-order valence-corrected chi connectivity index (χ0v) is 17.0. The van der Waals surface area contributed by atoms with Crippen LogP contribution in [-0.2, 0) is 6.54 Å². The van der Waals surface area contributed by atoms with Gasteiger partial charge in [-0.15, -0.1) is 0 Å². The summed E-state index contributed by atoms with van der Waals surface area (Å²) in [6, 6.07) is 14.9. The van der Waals surface area contributed by atoms with Crippen molar-refractivity contribution in [3.8, 4) is 11.5 Å². The van der Waals surface area contributed by atoms with Crippen molar-refractivity contribution >= 4 is 12.0 Å². The van der Waals surface area contributed by atoms with E-state index in [9.17, 15) is 9.59 Å². The lowest BCUT2D eigenvalue weighted by molar-refractivity contribution is 0.0592. The van der Waals surface area contributed by atoms with Gasteiger partial charge in [-0.2, -0.15) is 0 Å². The van der Waals surface area contributed by atoms with Gasteiger partial charge in [0, 0.05) is 30.3 Å². The topological polar surface area (TPSA) is 85.1 Å². The quantitative estimate of drug-likeness (QED) is 0.742. The van der Waals surface area contributed by atoms with Gasteiger partial charge in [-0.05, 0) is 56.1 Å². The van der Waals surface area contributed by atoms with Crippen molar-refractivity contribution in [1.29, 1.82) is 0 Å². The number of hydrogen-bond donors (Lipinski definition) is 1. The Morgan fingerprint density at radius 3 is 2.57 bits per heavy atom. The van der Waals surface area contributed by atoms with Crippen molar-refractivity contribution in [1.82, 2.24) is 9.80 Å². The lowest BCUT2D eigenvalue weighted by Crippen LogP contribution is -2.50. The number of para-hydroxylation sites is 1. The predicted octanol–water partition coefficient (Wildman–Crippen LogP) is 3.03. The van der Waals surface area contributed by atoms with E-state index in [1.165, 1.54) is 0 Å². The van der Waals surface area contributed by atoms with Gasteiger partial charge in [0.1, 0.15) is 11.5 Å². The smallest absolute Gasteiger partial charge is 0.415 e. The second-order valence-electron chi connectivity index (χ2n) is 7.64. The summed E-state index contributed by atoms with van der Waals surface area (Å²) in [5.74, 6) is 1.39. The van der Waals surface area contributed by atoms with Crippen LogP contribution in [0.3, 0.4) is 0 Å². The maximum atomic E-state index is 12.8. The molecule has 2 amide bonds. The summed E-state index contributed by atoms with van der Waals surface area (Å²) in [5.41, 5.74) is 7.13. The number of ether oxygens (including phenoxy) is 2. The van der Waals surface area contributed by atoms with Gasteiger partial charge >= 0.3 is 6.09 Å². The molecule has 2 heterocycles. The van der Waals surface area contributed by atoms with E-state index in [0.717, 1.165) is 30.6 Å². The van der Waals surface area contributed by atoms with Gasteiger partial charge in [0.2, 0.25) is 0 Å². The minimum absolute atomic E-state index is 0.00789. The fourth-order valence-electron chi connectivity index (χ4n) is 3.94. The number of benzene rings is 2. The van der Waals surface area contributed by atoms with Gasteiger partial charge < -0.3 is 25.0 Å². The van der Waals surface area contributed by atoms with Crippen LogP contribution in [0.15, 0.2) is 48.5 Å². The van der Waals surface area contributed by atoms with Crippen LogP contribution in [0.2, 0.25) is 0 Å². The molecular weight excluding hydrogens is 382 g/mol. The van der Waals surface area contributed by atoms with Crippen molar-refractivity contribution in [2.75, 3.05) is 26.2 Å². The lowest BCUT2D eigenvalue weighted by atomic mass is 10.0. The Balaban J connectivity index is 1.32. The molecule has 4 rings (SSSR count). The molecule has 0 bridgehead atoms. The van der Waals surface area contributed by atoms with Crippen LogP contribution in [0, 0.1) is 0 Å². The van der Waals surface area contributed by atoms with E-state index in [0.29, 0.717) is 44.1 Å². The summed E-state index contributed by atoms with van der Waals surface area (Å²) in [7, 11) is 0. The zero-order chi connectivity index (χ0) is 20.9. The van der Waals surface area contributed by atoms with Gasteiger partial charge in [-0.1, -0.05) is 18.2 Å². The predicted molar refractivity (Wildman–Crippen MR) is 113 cm³/mol. The fraction of sp³-hybridized carbons (Fsp3) is 0.391. The van der Waals surface area contributed by atoms with Crippen LogP contribution < -0.4 is 15.2 Å². The Bertz CT molecular complexity index is 892. The van der Waals surface area contributed by atoms with Crippen LogP contribution in [0.25, 0.3) is 0 Å². The molecule has 1 fully saturated rings. The number of fused-ring (bicyclic) bond motifs is 1. The molecule has 2 aromatic carbocycles. The highest BCUT2D eigenvalue weighted by Gasteiger charge is 2.34. The van der Waals surface area contributed by atoms with E-state index in [4.69, 9.17) is 15.2 Å². The summed E-state index contributed by atoms with van der Waals surface area (Å²) in [6.07, 6.45) is 1.97. The highest BCUT2D eigenvalue weighted by molar-refractivity contribution is 5.94. The highest BCUT2D eigenvalue weighted by Crippen LogP contribution is 2.29. The van der Waals surface area contributed by atoms with Crippen molar-refractivity contribution in [2.24, 2.45) is 5.73 Å². The maximum absolute atomic E-state index is 12.8. The van der Waals surface area contributed by atoms with Crippen LogP contribution in [0.1, 0.15) is 35.2 Å². The van der Waals surface area contributed by atoms with Crippen LogP contribution >= 0.6 is 0 Å². The first kappa shape index (κ1) is 20.2. The number of nitrogens with two attached hydrogens (primary N) is 1. The minimum atomic E-state index is -0.302. The SMILES string of the molecule is NCCCOc1ccc(C(=O)N2CCC(N3Cc4ccccc4OC3=O)CC2)cc1. The van der Waals surface area contributed by atoms with E-state index in [1.807, 2.05) is 41.3 Å². The first-order valence-corrected chi connectivity index (χ1v) is 10.4. The Morgan fingerprint density at radius 1 is 1.10 bits per heavy atom. The number of piperidine rings is 1. The van der Waals surface area contributed by atoms with Gasteiger partial charge in [0.25, 0.3) is 5.91 Å². The van der Waals surface area contributed by atoms with E-state index in [2.05, 4.69) is 0 Å². The summed E-state index contributed by atoms with van der Waals surface area (Å²) in [5, 5.41) is 0. The Labute approximate surface area is 176 Å². The molecule has 0 radical (unpaired) electrons. The summed E-state index contributed by atoms with van der Waals surface area (Å²) in [6.45, 7) is 2.95. The third-order valence-electron chi connectivity index (χ3n) is 5.66. The summed E-state index contributed by atoms with van der Waals surface area (Å²) in [4.78, 5) is 28.9. The molecule has 0 aromatic heterocycles. The second kappa shape index (κ2) is 9.17. The van der Waals surface area contributed by atoms with Crippen molar-refractivity contribution < 1.29 is 19.1 Å². The normalized spacial score (nSPS) is 16.8. The molecule has 0 spiro atoms. The monoisotopic (exact) mass is 409 g/mol. The Morgan fingerprint density at radius 2 is 1.83 bits per heavy atom. The van der Waals surface area contributed by atoms with Crippen molar-refractivity contribution in [3.63, 3.8) is 0 Å². The second-order valence-corrected chi connectivity index (χ2v) is 7.64. The number of carbonyl (C=O) groups is 2. The lowest BCUT2D eigenvalue weighted by Gasteiger charge is -2.39. The van der Waals surface area contributed by atoms with Crippen LogP contribution in [0.4, 0.5) is 4.79 Å². The fourth-order valence-corrected chi connectivity index (χ4v) is 3.94. The van der Waals surface area contributed by atoms with E-state index in [1.54, 1.807) is 17.0 Å². The molecule has 2 aliphatic rings. The minimum Gasteiger partial charge on any atom is -0.494 e. The van der Waals surface area contributed by atoms with Gasteiger partial charge in [-0.3, -0.25) is 4.79 Å². The molecule has 158 valence electrons.